The summed E-state index contributed by atoms with van der Waals surface area (Å²) >= 11 is -2.30. The van der Waals surface area contributed by atoms with Crippen LogP contribution in [0.1, 0.15) is 5.56 Å². The highest BCUT2D eigenvalue weighted by Crippen LogP contribution is 2.17. The average Bonchev–Trinajstić information content (AvgIpc) is 2.03. The van der Waals surface area contributed by atoms with E-state index in [1.54, 1.807) is 6.07 Å². The Labute approximate surface area is 76.4 Å². The monoisotopic (exact) mass is 200 g/mol. The molecule has 0 fully saturated rings. The van der Waals surface area contributed by atoms with Gasteiger partial charge in [0.2, 0.25) is 0 Å². The van der Waals surface area contributed by atoms with Gasteiger partial charge in [0.25, 0.3) is 11.3 Å². The first-order valence-corrected chi connectivity index (χ1v) is 4.32. The highest BCUT2D eigenvalue weighted by molar-refractivity contribution is 7.80. The fourth-order valence-corrected chi connectivity index (χ4v) is 1.18. The molecule has 4 nitrogen and oxygen atoms in total. The van der Waals surface area contributed by atoms with Crippen molar-refractivity contribution in [1.82, 2.24) is 0 Å². The zero-order valence-corrected chi connectivity index (χ0v) is 7.14. The van der Waals surface area contributed by atoms with Gasteiger partial charge in [0.05, 0.1) is 5.69 Å². The van der Waals surface area contributed by atoms with Crippen molar-refractivity contribution in [2.24, 2.45) is 0 Å². The fourth-order valence-electron chi connectivity index (χ4n) is 0.817. The van der Waals surface area contributed by atoms with Crippen molar-refractivity contribution in [2.75, 3.05) is 4.72 Å². The Kier molecular flexibility index (Phi) is 2.95. The van der Waals surface area contributed by atoms with Gasteiger partial charge in [0.1, 0.15) is 17.4 Å². The van der Waals surface area contributed by atoms with Gasteiger partial charge >= 0.3 is 0 Å². The van der Waals surface area contributed by atoms with Crippen LogP contribution in [0.25, 0.3) is 0 Å². The van der Waals surface area contributed by atoms with E-state index in [-0.39, 0.29) is 11.3 Å². The molecule has 1 aromatic carbocycles. The van der Waals surface area contributed by atoms with Crippen molar-refractivity contribution in [3.63, 3.8) is 0 Å². The summed E-state index contributed by atoms with van der Waals surface area (Å²) in [5, 5.41) is 8.50. The van der Waals surface area contributed by atoms with Crippen LogP contribution in [0.4, 0.5) is 10.1 Å². The molecule has 0 aliphatic carbocycles. The predicted molar refractivity (Wildman–Crippen MR) is 45.5 cm³/mol. The van der Waals surface area contributed by atoms with E-state index < -0.39 is 17.1 Å². The third kappa shape index (κ3) is 2.24. The van der Waals surface area contributed by atoms with E-state index >= 15 is 0 Å². The second kappa shape index (κ2) is 3.98. The molecule has 0 aliphatic heterocycles. The lowest BCUT2D eigenvalue weighted by atomic mass is 10.2. The lowest BCUT2D eigenvalue weighted by Crippen LogP contribution is -2.04. The summed E-state index contributed by atoms with van der Waals surface area (Å²) < 4.78 is 33.7. The van der Waals surface area contributed by atoms with Gasteiger partial charge in [-0.2, -0.15) is 5.26 Å². The number of anilines is 1. The Hall–Kier alpha value is -1.45. The van der Waals surface area contributed by atoms with Crippen LogP contribution in [-0.2, 0) is 11.3 Å². The first-order valence-electron chi connectivity index (χ1n) is 3.21. The second-order valence-electron chi connectivity index (χ2n) is 2.13. The number of halogens is 1. The third-order valence-corrected chi connectivity index (χ3v) is 1.72. The molecule has 1 atom stereocenters. The summed E-state index contributed by atoms with van der Waals surface area (Å²) in [7, 11) is 0. The Balaban J connectivity index is 3.14. The zero-order chi connectivity index (χ0) is 9.84. The summed E-state index contributed by atoms with van der Waals surface area (Å²) in [4.78, 5) is 0. The van der Waals surface area contributed by atoms with Crippen LogP contribution in [0, 0.1) is 17.1 Å². The minimum absolute atomic E-state index is 0.00309. The standard InChI is InChI=1S/C7H5FN2O2S/c8-6-2-1-3-7(5(6)4-9)10-13(11)12/h1-3,10H,(H,11,12). The Morgan fingerprint density at radius 2 is 2.31 bits per heavy atom. The zero-order valence-electron chi connectivity index (χ0n) is 6.32. The van der Waals surface area contributed by atoms with E-state index in [2.05, 4.69) is 0 Å². The first-order chi connectivity index (χ1) is 6.15. The highest BCUT2D eigenvalue weighted by atomic mass is 32.2. The van der Waals surface area contributed by atoms with Crippen LogP contribution in [0.2, 0.25) is 0 Å². The number of rotatable bonds is 2. The van der Waals surface area contributed by atoms with Crippen LogP contribution in [0.3, 0.4) is 0 Å². The van der Waals surface area contributed by atoms with Crippen molar-refractivity contribution in [1.29, 1.82) is 5.26 Å². The molecule has 0 amide bonds. The normalized spacial score (nSPS) is 11.8. The molecule has 0 bridgehead atoms. The van der Waals surface area contributed by atoms with Crippen LogP contribution in [0.5, 0.6) is 0 Å². The first kappa shape index (κ1) is 9.64. The van der Waals surface area contributed by atoms with Gasteiger partial charge in [0.15, 0.2) is 0 Å². The molecule has 1 rings (SSSR count). The summed E-state index contributed by atoms with van der Waals surface area (Å²) in [5.41, 5.74) is -0.270. The number of hydrogen-bond donors (Lipinski definition) is 2. The van der Waals surface area contributed by atoms with E-state index in [1.165, 1.54) is 12.1 Å². The molecular formula is C7H5FN2O2S. The maximum Gasteiger partial charge on any atom is 0.259 e. The van der Waals surface area contributed by atoms with Gasteiger partial charge in [-0.15, -0.1) is 0 Å². The summed E-state index contributed by atoms with van der Waals surface area (Å²) in [6.07, 6.45) is 0. The molecule has 68 valence electrons. The van der Waals surface area contributed by atoms with E-state index in [9.17, 15) is 8.60 Å². The number of nitrogens with one attached hydrogen (secondary N) is 1. The average molecular weight is 200 g/mol. The van der Waals surface area contributed by atoms with Gasteiger partial charge in [-0.05, 0) is 12.1 Å². The third-order valence-electron chi connectivity index (χ3n) is 1.32. The summed E-state index contributed by atoms with van der Waals surface area (Å²) in [6, 6.07) is 5.37. The molecule has 0 saturated carbocycles. The Morgan fingerprint density at radius 1 is 1.62 bits per heavy atom. The molecule has 0 heterocycles. The van der Waals surface area contributed by atoms with Crippen LogP contribution in [0.15, 0.2) is 18.2 Å². The predicted octanol–water partition coefficient (Wildman–Crippen LogP) is 1.25. The van der Waals surface area contributed by atoms with Gasteiger partial charge in [-0.3, -0.25) is 9.27 Å². The molecule has 0 spiro atoms. The maximum absolute atomic E-state index is 12.9. The SMILES string of the molecule is N#Cc1c(F)cccc1NS(=O)O. The topological polar surface area (TPSA) is 73.1 Å². The number of hydrogen-bond acceptors (Lipinski definition) is 2. The van der Waals surface area contributed by atoms with E-state index in [4.69, 9.17) is 9.81 Å². The minimum atomic E-state index is -2.30. The molecule has 1 unspecified atom stereocenters. The van der Waals surface area contributed by atoms with Crippen molar-refractivity contribution >= 4 is 17.0 Å². The van der Waals surface area contributed by atoms with Crippen LogP contribution >= 0.6 is 0 Å². The Bertz CT molecular complexity index is 389. The molecule has 0 aromatic heterocycles. The van der Waals surface area contributed by atoms with E-state index in [0.29, 0.717) is 0 Å². The fraction of sp³-hybridized carbons (Fsp3) is 0. The number of nitrogens with zero attached hydrogens (tertiary/aromatic N) is 1. The van der Waals surface area contributed by atoms with Crippen LogP contribution in [-0.4, -0.2) is 8.76 Å². The molecular weight excluding hydrogens is 195 g/mol. The number of benzene rings is 1. The minimum Gasteiger partial charge on any atom is -0.289 e. The number of nitriles is 1. The Morgan fingerprint density at radius 3 is 2.85 bits per heavy atom. The highest BCUT2D eigenvalue weighted by Gasteiger charge is 2.08. The molecule has 0 aliphatic rings. The van der Waals surface area contributed by atoms with Crippen LogP contribution < -0.4 is 4.72 Å². The van der Waals surface area contributed by atoms with E-state index in [0.717, 1.165) is 6.07 Å². The molecule has 13 heavy (non-hydrogen) atoms. The van der Waals surface area contributed by atoms with Gasteiger partial charge in [-0.25, -0.2) is 8.60 Å². The summed E-state index contributed by atoms with van der Waals surface area (Å²) in [5.74, 6) is -0.724. The molecule has 0 radical (unpaired) electrons. The lowest BCUT2D eigenvalue weighted by Gasteiger charge is -2.03. The van der Waals surface area contributed by atoms with Gasteiger partial charge < -0.3 is 0 Å². The van der Waals surface area contributed by atoms with E-state index in [1.807, 2.05) is 4.72 Å². The van der Waals surface area contributed by atoms with Crippen molar-refractivity contribution in [3.05, 3.63) is 29.6 Å². The van der Waals surface area contributed by atoms with Crippen molar-refractivity contribution < 1.29 is 13.2 Å². The molecule has 1 aromatic rings. The largest absolute Gasteiger partial charge is 0.289 e. The molecule has 0 saturated heterocycles. The van der Waals surface area contributed by atoms with Gasteiger partial charge in [-0.1, -0.05) is 6.07 Å². The maximum atomic E-state index is 12.9. The van der Waals surface area contributed by atoms with Crippen molar-refractivity contribution in [2.45, 2.75) is 0 Å². The second-order valence-corrected chi connectivity index (χ2v) is 2.83. The summed E-state index contributed by atoms with van der Waals surface area (Å²) in [6.45, 7) is 0. The molecule has 6 heteroatoms. The van der Waals surface area contributed by atoms with Crippen molar-refractivity contribution in [3.8, 4) is 6.07 Å². The quantitative estimate of drug-likeness (QED) is 0.705. The smallest absolute Gasteiger partial charge is 0.259 e. The van der Waals surface area contributed by atoms with Gasteiger partial charge in [0, 0.05) is 0 Å². The molecule has 2 N–H and O–H groups in total. The lowest BCUT2D eigenvalue weighted by molar-refractivity contribution is 0.570.